The SMILES string of the molecule is CN(C[C@H]1CCN(c2ccccc2)C1)C(=O)c1cccc(-c2cnccn2)c1. The van der Waals surface area contributed by atoms with Gasteiger partial charge in [-0.25, -0.2) is 0 Å². The van der Waals surface area contributed by atoms with E-state index in [2.05, 4.69) is 39.1 Å². The highest BCUT2D eigenvalue weighted by molar-refractivity contribution is 5.95. The number of benzene rings is 2. The van der Waals surface area contributed by atoms with Gasteiger partial charge in [0, 0.05) is 55.9 Å². The third kappa shape index (κ3) is 4.03. The van der Waals surface area contributed by atoms with Crippen LogP contribution >= 0.6 is 0 Å². The summed E-state index contributed by atoms with van der Waals surface area (Å²) in [5, 5.41) is 0. The number of aromatic nitrogens is 2. The Bertz CT molecular complexity index is 930. The minimum Gasteiger partial charge on any atom is -0.371 e. The summed E-state index contributed by atoms with van der Waals surface area (Å²) < 4.78 is 0. The fourth-order valence-electron chi connectivity index (χ4n) is 3.81. The summed E-state index contributed by atoms with van der Waals surface area (Å²) in [5.74, 6) is 0.529. The normalized spacial score (nSPS) is 16.2. The number of carbonyl (C=O) groups is 1. The molecule has 0 radical (unpaired) electrons. The number of carbonyl (C=O) groups excluding carboxylic acids is 1. The van der Waals surface area contributed by atoms with E-state index in [-0.39, 0.29) is 5.91 Å². The molecule has 1 fully saturated rings. The van der Waals surface area contributed by atoms with Crippen molar-refractivity contribution in [3.05, 3.63) is 78.8 Å². The number of amides is 1. The highest BCUT2D eigenvalue weighted by Gasteiger charge is 2.25. The van der Waals surface area contributed by atoms with Crippen molar-refractivity contribution >= 4 is 11.6 Å². The van der Waals surface area contributed by atoms with E-state index in [1.165, 1.54) is 5.69 Å². The molecule has 2 heterocycles. The van der Waals surface area contributed by atoms with E-state index in [9.17, 15) is 4.79 Å². The van der Waals surface area contributed by atoms with Crippen LogP contribution in [0.2, 0.25) is 0 Å². The molecule has 1 aromatic heterocycles. The molecule has 1 atom stereocenters. The lowest BCUT2D eigenvalue weighted by Gasteiger charge is -2.23. The van der Waals surface area contributed by atoms with E-state index in [0.717, 1.165) is 37.3 Å². The van der Waals surface area contributed by atoms with Gasteiger partial charge in [0.05, 0.1) is 11.9 Å². The van der Waals surface area contributed by atoms with Gasteiger partial charge in [-0.15, -0.1) is 0 Å². The number of anilines is 1. The third-order valence-corrected chi connectivity index (χ3v) is 5.25. The second-order valence-electron chi connectivity index (χ2n) is 7.29. The Morgan fingerprint density at radius 1 is 1.14 bits per heavy atom. The van der Waals surface area contributed by atoms with Crippen molar-refractivity contribution in [3.8, 4) is 11.3 Å². The summed E-state index contributed by atoms with van der Waals surface area (Å²) in [6.45, 7) is 2.79. The molecule has 28 heavy (non-hydrogen) atoms. The highest BCUT2D eigenvalue weighted by Crippen LogP contribution is 2.24. The number of para-hydroxylation sites is 1. The summed E-state index contributed by atoms with van der Waals surface area (Å²) in [6.07, 6.45) is 6.12. The summed E-state index contributed by atoms with van der Waals surface area (Å²) >= 11 is 0. The van der Waals surface area contributed by atoms with Crippen LogP contribution in [0.1, 0.15) is 16.8 Å². The van der Waals surface area contributed by atoms with Crippen molar-refractivity contribution in [2.24, 2.45) is 5.92 Å². The number of hydrogen-bond donors (Lipinski definition) is 0. The third-order valence-electron chi connectivity index (χ3n) is 5.25. The van der Waals surface area contributed by atoms with Crippen molar-refractivity contribution in [1.29, 1.82) is 0 Å². The molecule has 0 saturated carbocycles. The zero-order valence-electron chi connectivity index (χ0n) is 16.0. The molecule has 1 aliphatic heterocycles. The second-order valence-corrected chi connectivity index (χ2v) is 7.29. The largest absolute Gasteiger partial charge is 0.371 e. The average Bonchev–Trinajstić information content (AvgIpc) is 3.23. The quantitative estimate of drug-likeness (QED) is 0.685. The minimum atomic E-state index is 0.0453. The molecule has 1 saturated heterocycles. The molecule has 0 unspecified atom stereocenters. The van der Waals surface area contributed by atoms with E-state index >= 15 is 0 Å². The molecular weight excluding hydrogens is 348 g/mol. The first-order chi connectivity index (χ1) is 13.7. The van der Waals surface area contributed by atoms with Crippen molar-refractivity contribution in [2.75, 3.05) is 31.6 Å². The van der Waals surface area contributed by atoms with Crippen LogP contribution < -0.4 is 4.90 Å². The number of nitrogens with zero attached hydrogens (tertiary/aromatic N) is 4. The Balaban J connectivity index is 1.40. The van der Waals surface area contributed by atoms with Crippen LogP contribution in [-0.2, 0) is 0 Å². The fraction of sp³-hybridized carbons (Fsp3) is 0.261. The zero-order chi connectivity index (χ0) is 19.3. The van der Waals surface area contributed by atoms with E-state index in [1.807, 2.05) is 42.3 Å². The average molecular weight is 372 g/mol. The van der Waals surface area contributed by atoms with Gasteiger partial charge in [-0.05, 0) is 36.6 Å². The molecule has 0 aliphatic carbocycles. The number of hydrogen-bond acceptors (Lipinski definition) is 4. The smallest absolute Gasteiger partial charge is 0.253 e. The molecule has 1 aliphatic rings. The van der Waals surface area contributed by atoms with Crippen molar-refractivity contribution in [1.82, 2.24) is 14.9 Å². The summed E-state index contributed by atoms with van der Waals surface area (Å²) in [7, 11) is 1.89. The van der Waals surface area contributed by atoms with E-state index in [1.54, 1.807) is 18.6 Å². The van der Waals surface area contributed by atoms with E-state index < -0.39 is 0 Å². The lowest BCUT2D eigenvalue weighted by Crippen LogP contribution is -2.33. The van der Waals surface area contributed by atoms with Gasteiger partial charge in [-0.3, -0.25) is 14.8 Å². The predicted octanol–water partition coefficient (Wildman–Crippen LogP) is 3.74. The zero-order valence-corrected chi connectivity index (χ0v) is 16.0. The molecule has 0 bridgehead atoms. The van der Waals surface area contributed by atoms with Gasteiger partial charge in [0.25, 0.3) is 5.91 Å². The Labute approximate surface area is 165 Å². The van der Waals surface area contributed by atoms with Crippen LogP contribution in [0.15, 0.2) is 73.2 Å². The minimum absolute atomic E-state index is 0.0453. The van der Waals surface area contributed by atoms with Gasteiger partial charge in [0.15, 0.2) is 0 Å². The molecule has 3 aromatic rings. The first-order valence-electron chi connectivity index (χ1n) is 9.62. The molecule has 142 valence electrons. The Morgan fingerprint density at radius 2 is 2.00 bits per heavy atom. The standard InChI is InChI=1S/C23H24N4O/c1-26(16-18-10-13-27(17-18)21-8-3-2-4-9-21)23(28)20-7-5-6-19(14-20)22-15-24-11-12-25-22/h2-9,11-12,14-15,18H,10,13,16-17H2,1H3/t18-/m1/s1. The highest BCUT2D eigenvalue weighted by atomic mass is 16.2. The summed E-state index contributed by atoms with van der Waals surface area (Å²) in [4.78, 5) is 25.6. The predicted molar refractivity (Wildman–Crippen MR) is 111 cm³/mol. The van der Waals surface area contributed by atoms with Gasteiger partial charge in [0.1, 0.15) is 0 Å². The Kier molecular flexibility index (Phi) is 5.33. The summed E-state index contributed by atoms with van der Waals surface area (Å²) in [6, 6.07) is 18.1. The Hall–Kier alpha value is -3.21. The lowest BCUT2D eigenvalue weighted by molar-refractivity contribution is 0.0776. The molecule has 5 heteroatoms. The number of rotatable bonds is 5. The second kappa shape index (κ2) is 8.21. The van der Waals surface area contributed by atoms with Gasteiger partial charge >= 0.3 is 0 Å². The van der Waals surface area contributed by atoms with Crippen molar-refractivity contribution < 1.29 is 4.79 Å². The fourth-order valence-corrected chi connectivity index (χ4v) is 3.81. The maximum Gasteiger partial charge on any atom is 0.253 e. The van der Waals surface area contributed by atoms with Crippen LogP contribution in [0.3, 0.4) is 0 Å². The van der Waals surface area contributed by atoms with Gasteiger partial charge in [0.2, 0.25) is 0 Å². The maximum absolute atomic E-state index is 12.9. The molecule has 0 N–H and O–H groups in total. The topological polar surface area (TPSA) is 49.3 Å². The first kappa shape index (κ1) is 18.2. The van der Waals surface area contributed by atoms with Crippen LogP contribution in [-0.4, -0.2) is 47.5 Å². The first-order valence-corrected chi connectivity index (χ1v) is 9.62. The molecular formula is C23H24N4O. The summed E-state index contributed by atoms with van der Waals surface area (Å²) in [5.41, 5.74) is 3.62. The molecule has 0 spiro atoms. The molecule has 5 nitrogen and oxygen atoms in total. The van der Waals surface area contributed by atoms with Gasteiger partial charge in [-0.1, -0.05) is 30.3 Å². The van der Waals surface area contributed by atoms with Crippen LogP contribution in [0, 0.1) is 5.92 Å². The van der Waals surface area contributed by atoms with Crippen molar-refractivity contribution in [3.63, 3.8) is 0 Å². The van der Waals surface area contributed by atoms with Crippen LogP contribution in [0.25, 0.3) is 11.3 Å². The van der Waals surface area contributed by atoms with Gasteiger partial charge < -0.3 is 9.80 Å². The van der Waals surface area contributed by atoms with E-state index in [0.29, 0.717) is 11.5 Å². The molecule has 1 amide bonds. The van der Waals surface area contributed by atoms with Crippen LogP contribution in [0.5, 0.6) is 0 Å². The molecule has 2 aromatic carbocycles. The van der Waals surface area contributed by atoms with Crippen molar-refractivity contribution in [2.45, 2.75) is 6.42 Å². The molecule has 4 rings (SSSR count). The lowest BCUT2D eigenvalue weighted by atomic mass is 10.1. The van der Waals surface area contributed by atoms with Crippen LogP contribution in [0.4, 0.5) is 5.69 Å². The monoisotopic (exact) mass is 372 g/mol. The Morgan fingerprint density at radius 3 is 2.79 bits per heavy atom. The maximum atomic E-state index is 12.9. The van der Waals surface area contributed by atoms with E-state index in [4.69, 9.17) is 0 Å². The van der Waals surface area contributed by atoms with Gasteiger partial charge in [-0.2, -0.15) is 0 Å².